The van der Waals surface area contributed by atoms with Gasteiger partial charge in [-0.1, -0.05) is 61.5 Å². The highest BCUT2D eigenvalue weighted by molar-refractivity contribution is 5.82. The SMILES string of the molecule is CC[C@@]1(c2cc(C)c3ccccc3n2)C[C@@H](c2ccccc2)[C@@H]1c1ccccn1. The lowest BCUT2D eigenvalue weighted by atomic mass is 9.48. The molecule has 0 N–H and O–H groups in total. The first-order valence-electron chi connectivity index (χ1n) is 10.6. The number of hydrogen-bond acceptors (Lipinski definition) is 2. The molecule has 1 saturated carbocycles. The second-order valence-electron chi connectivity index (χ2n) is 8.30. The summed E-state index contributed by atoms with van der Waals surface area (Å²) in [7, 11) is 0. The smallest absolute Gasteiger partial charge is 0.0708 e. The molecule has 1 fully saturated rings. The van der Waals surface area contributed by atoms with E-state index in [0.29, 0.717) is 11.8 Å². The molecule has 2 heteroatoms. The number of pyridine rings is 2. The van der Waals surface area contributed by atoms with Crippen molar-refractivity contribution in [2.24, 2.45) is 0 Å². The van der Waals surface area contributed by atoms with Crippen molar-refractivity contribution in [3.05, 3.63) is 108 Å². The summed E-state index contributed by atoms with van der Waals surface area (Å²) >= 11 is 0. The Balaban J connectivity index is 1.67. The molecule has 0 spiro atoms. The van der Waals surface area contributed by atoms with Crippen LogP contribution >= 0.6 is 0 Å². The fourth-order valence-electron chi connectivity index (χ4n) is 5.34. The van der Waals surface area contributed by atoms with Crippen molar-refractivity contribution in [2.75, 3.05) is 0 Å². The van der Waals surface area contributed by atoms with Crippen LogP contribution in [-0.2, 0) is 5.41 Å². The van der Waals surface area contributed by atoms with Crippen LogP contribution in [0.2, 0.25) is 0 Å². The molecule has 1 aliphatic carbocycles. The third-order valence-corrected chi connectivity index (χ3v) is 6.88. The van der Waals surface area contributed by atoms with E-state index in [0.717, 1.165) is 18.4 Å². The van der Waals surface area contributed by atoms with Gasteiger partial charge in [0.25, 0.3) is 0 Å². The first-order chi connectivity index (χ1) is 14.2. The maximum Gasteiger partial charge on any atom is 0.0708 e. The molecule has 0 saturated heterocycles. The minimum absolute atomic E-state index is 0.0175. The minimum atomic E-state index is 0.0175. The fraction of sp³-hybridized carbons (Fsp3) is 0.259. The van der Waals surface area contributed by atoms with Crippen LogP contribution in [0.3, 0.4) is 0 Å². The second-order valence-corrected chi connectivity index (χ2v) is 8.30. The molecule has 29 heavy (non-hydrogen) atoms. The Kier molecular flexibility index (Phi) is 4.43. The van der Waals surface area contributed by atoms with Crippen molar-refractivity contribution >= 4 is 10.9 Å². The lowest BCUT2D eigenvalue weighted by Crippen LogP contribution is -2.49. The molecule has 5 rings (SSSR count). The summed E-state index contributed by atoms with van der Waals surface area (Å²) < 4.78 is 0. The number of nitrogens with zero attached hydrogens (tertiary/aromatic N) is 2. The third kappa shape index (κ3) is 2.86. The molecule has 2 aromatic carbocycles. The van der Waals surface area contributed by atoms with E-state index in [4.69, 9.17) is 9.97 Å². The average molecular weight is 379 g/mol. The van der Waals surface area contributed by atoms with Crippen LogP contribution in [0.25, 0.3) is 10.9 Å². The van der Waals surface area contributed by atoms with E-state index in [1.807, 2.05) is 12.3 Å². The highest BCUT2D eigenvalue weighted by atomic mass is 14.8. The van der Waals surface area contributed by atoms with Crippen LogP contribution in [0.1, 0.15) is 54.1 Å². The Labute approximate surface area is 172 Å². The van der Waals surface area contributed by atoms with Crippen molar-refractivity contribution in [3.63, 3.8) is 0 Å². The summed E-state index contributed by atoms with van der Waals surface area (Å²) in [5.41, 5.74) is 6.23. The Morgan fingerprint density at radius 2 is 1.69 bits per heavy atom. The molecule has 2 nitrogen and oxygen atoms in total. The summed E-state index contributed by atoms with van der Waals surface area (Å²) in [6.07, 6.45) is 4.09. The van der Waals surface area contributed by atoms with Gasteiger partial charge < -0.3 is 0 Å². The number of para-hydroxylation sites is 1. The highest BCUT2D eigenvalue weighted by Crippen LogP contribution is 2.63. The first-order valence-corrected chi connectivity index (χ1v) is 10.6. The standard InChI is InChI=1S/C27H26N2/c1-3-27(25-17-19(2)21-13-7-8-14-23(21)29-25)18-22(20-11-5-4-6-12-20)26(27)24-15-9-10-16-28-24/h4-17,22,26H,3,18H2,1-2H3/t22-,26+,27-/m0/s1. The van der Waals surface area contributed by atoms with Gasteiger partial charge in [-0.25, -0.2) is 0 Å². The van der Waals surface area contributed by atoms with E-state index in [-0.39, 0.29) is 5.41 Å². The lowest BCUT2D eigenvalue weighted by Gasteiger charge is -2.55. The molecule has 0 radical (unpaired) electrons. The van der Waals surface area contributed by atoms with Gasteiger partial charge in [-0.3, -0.25) is 9.97 Å². The zero-order valence-corrected chi connectivity index (χ0v) is 17.0. The number of hydrogen-bond donors (Lipinski definition) is 0. The first kappa shape index (κ1) is 18.1. The van der Waals surface area contributed by atoms with E-state index in [1.165, 1.54) is 27.9 Å². The quantitative estimate of drug-likeness (QED) is 0.402. The fourth-order valence-corrected chi connectivity index (χ4v) is 5.34. The number of fused-ring (bicyclic) bond motifs is 1. The maximum atomic E-state index is 5.18. The minimum Gasteiger partial charge on any atom is -0.261 e. The molecular formula is C27H26N2. The maximum absolute atomic E-state index is 5.18. The summed E-state index contributed by atoms with van der Waals surface area (Å²) in [6, 6.07) is 28.0. The number of rotatable bonds is 4. The molecule has 144 valence electrons. The van der Waals surface area contributed by atoms with Crippen LogP contribution < -0.4 is 0 Å². The van der Waals surface area contributed by atoms with Gasteiger partial charge in [-0.05, 0) is 61.1 Å². The summed E-state index contributed by atoms with van der Waals surface area (Å²) in [4.78, 5) is 9.98. The number of aryl methyl sites for hydroxylation is 1. The van der Waals surface area contributed by atoms with Gasteiger partial charge in [0.2, 0.25) is 0 Å². The van der Waals surface area contributed by atoms with Crippen LogP contribution in [0.5, 0.6) is 0 Å². The van der Waals surface area contributed by atoms with E-state index in [2.05, 4.69) is 86.6 Å². The third-order valence-electron chi connectivity index (χ3n) is 6.88. The van der Waals surface area contributed by atoms with Crippen molar-refractivity contribution in [1.29, 1.82) is 0 Å². The summed E-state index contributed by atoms with van der Waals surface area (Å²) in [6.45, 7) is 4.52. The zero-order chi connectivity index (χ0) is 19.8. The highest BCUT2D eigenvalue weighted by Gasteiger charge is 2.56. The predicted octanol–water partition coefficient (Wildman–Crippen LogP) is 6.56. The van der Waals surface area contributed by atoms with Crippen LogP contribution in [0, 0.1) is 6.92 Å². The van der Waals surface area contributed by atoms with Crippen LogP contribution in [0.15, 0.2) is 85.1 Å². The van der Waals surface area contributed by atoms with Crippen LogP contribution in [0.4, 0.5) is 0 Å². The van der Waals surface area contributed by atoms with Crippen molar-refractivity contribution in [1.82, 2.24) is 9.97 Å². The second kappa shape index (κ2) is 7.11. The van der Waals surface area contributed by atoms with Gasteiger partial charge in [0, 0.05) is 34.3 Å². The Bertz CT molecular complexity index is 1140. The normalized spacial score (nSPS) is 23.7. The van der Waals surface area contributed by atoms with Gasteiger partial charge in [-0.2, -0.15) is 0 Å². The summed E-state index contributed by atoms with van der Waals surface area (Å²) in [5.74, 6) is 0.809. The number of aromatic nitrogens is 2. The van der Waals surface area contributed by atoms with Gasteiger partial charge >= 0.3 is 0 Å². The van der Waals surface area contributed by atoms with Crippen molar-refractivity contribution < 1.29 is 0 Å². The predicted molar refractivity (Wildman–Crippen MR) is 119 cm³/mol. The van der Waals surface area contributed by atoms with Gasteiger partial charge in [0.05, 0.1) is 5.52 Å². The molecule has 2 aromatic heterocycles. The van der Waals surface area contributed by atoms with E-state index in [1.54, 1.807) is 0 Å². The lowest BCUT2D eigenvalue weighted by molar-refractivity contribution is 0.135. The molecule has 0 unspecified atom stereocenters. The molecule has 0 bridgehead atoms. The zero-order valence-electron chi connectivity index (χ0n) is 17.0. The van der Waals surface area contributed by atoms with Crippen molar-refractivity contribution in [2.45, 2.75) is 43.9 Å². The van der Waals surface area contributed by atoms with Gasteiger partial charge in [0.15, 0.2) is 0 Å². The molecular weight excluding hydrogens is 352 g/mol. The monoisotopic (exact) mass is 378 g/mol. The van der Waals surface area contributed by atoms with Gasteiger partial charge in [0.1, 0.15) is 0 Å². The summed E-state index contributed by atoms with van der Waals surface area (Å²) in [5, 5.41) is 1.25. The average Bonchev–Trinajstić information content (AvgIpc) is 2.75. The van der Waals surface area contributed by atoms with Gasteiger partial charge in [-0.15, -0.1) is 0 Å². The molecule has 2 heterocycles. The molecule has 1 aliphatic rings. The Morgan fingerprint density at radius 3 is 2.45 bits per heavy atom. The number of benzene rings is 2. The van der Waals surface area contributed by atoms with Crippen LogP contribution in [-0.4, -0.2) is 9.97 Å². The molecule has 3 atom stereocenters. The van der Waals surface area contributed by atoms with E-state index < -0.39 is 0 Å². The Morgan fingerprint density at radius 1 is 0.931 bits per heavy atom. The van der Waals surface area contributed by atoms with E-state index in [9.17, 15) is 0 Å². The molecule has 0 aliphatic heterocycles. The topological polar surface area (TPSA) is 25.8 Å². The Hall–Kier alpha value is -3.00. The largest absolute Gasteiger partial charge is 0.261 e. The molecule has 4 aromatic rings. The van der Waals surface area contributed by atoms with Crippen molar-refractivity contribution in [3.8, 4) is 0 Å². The molecule has 0 amide bonds. The van der Waals surface area contributed by atoms with E-state index >= 15 is 0 Å².